The molecule has 9 heteroatoms. The summed E-state index contributed by atoms with van der Waals surface area (Å²) in [7, 11) is 3.07. The zero-order valence-corrected chi connectivity index (χ0v) is 19.6. The van der Waals surface area contributed by atoms with Crippen molar-refractivity contribution in [2.75, 3.05) is 14.2 Å². The molecule has 1 heterocycles. The number of carbonyl (C=O) groups is 1. The smallest absolute Gasteiger partial charge is 0.345 e. The molecule has 172 valence electrons. The first-order valence-corrected chi connectivity index (χ1v) is 10.7. The van der Waals surface area contributed by atoms with Gasteiger partial charge in [-0.3, -0.25) is 0 Å². The third kappa shape index (κ3) is 4.34. The van der Waals surface area contributed by atoms with E-state index in [2.05, 4.69) is 6.07 Å². The van der Waals surface area contributed by atoms with E-state index in [1.54, 1.807) is 37.4 Å². The van der Waals surface area contributed by atoms with Crippen molar-refractivity contribution in [2.45, 2.75) is 5.92 Å². The minimum atomic E-state index is -0.657. The number of hydrogen-bond donors (Lipinski definition) is 1. The van der Waals surface area contributed by atoms with Crippen molar-refractivity contribution in [3.8, 4) is 29.1 Å². The van der Waals surface area contributed by atoms with Crippen molar-refractivity contribution in [1.82, 2.24) is 0 Å². The van der Waals surface area contributed by atoms with Gasteiger partial charge in [-0.25, -0.2) is 4.79 Å². The van der Waals surface area contributed by atoms with E-state index in [0.717, 1.165) is 5.56 Å². The number of ether oxygens (including phenoxy) is 4. The Hall–Kier alpha value is -3.86. The molecule has 0 saturated carbocycles. The minimum Gasteiger partial charge on any atom is -0.493 e. The van der Waals surface area contributed by atoms with E-state index in [9.17, 15) is 10.1 Å². The van der Waals surface area contributed by atoms with Gasteiger partial charge in [0.15, 0.2) is 11.5 Å². The molecule has 0 aliphatic carbocycles. The van der Waals surface area contributed by atoms with E-state index in [4.69, 9.17) is 47.9 Å². The number of nitriles is 1. The van der Waals surface area contributed by atoms with Crippen molar-refractivity contribution in [1.29, 1.82) is 5.26 Å². The number of nitrogens with zero attached hydrogens (tertiary/aromatic N) is 1. The molecule has 3 aromatic rings. The fraction of sp³-hybridized carbons (Fsp3) is 0.120. The molecular weight excluding hydrogens is 479 g/mol. The van der Waals surface area contributed by atoms with Crippen LogP contribution in [0.3, 0.4) is 0 Å². The summed E-state index contributed by atoms with van der Waals surface area (Å²) in [5.41, 5.74) is 7.91. The van der Waals surface area contributed by atoms with Crippen LogP contribution in [0.15, 0.2) is 66.1 Å². The molecule has 3 aromatic carbocycles. The lowest BCUT2D eigenvalue weighted by Crippen LogP contribution is -2.21. The van der Waals surface area contributed by atoms with Gasteiger partial charge in [0, 0.05) is 16.7 Å². The fourth-order valence-electron chi connectivity index (χ4n) is 3.69. The Bertz CT molecular complexity index is 1360. The van der Waals surface area contributed by atoms with Crippen LogP contribution >= 0.6 is 23.2 Å². The number of nitrogens with two attached hydrogens (primary N) is 1. The van der Waals surface area contributed by atoms with Gasteiger partial charge >= 0.3 is 5.97 Å². The van der Waals surface area contributed by atoms with Crippen LogP contribution in [0.5, 0.6) is 23.0 Å². The lowest BCUT2D eigenvalue weighted by molar-refractivity contribution is 0.0734. The summed E-state index contributed by atoms with van der Waals surface area (Å²) < 4.78 is 21.9. The highest BCUT2D eigenvalue weighted by Gasteiger charge is 2.32. The van der Waals surface area contributed by atoms with Gasteiger partial charge in [-0.05, 0) is 42.0 Å². The zero-order chi connectivity index (χ0) is 24.4. The van der Waals surface area contributed by atoms with Crippen molar-refractivity contribution >= 4 is 29.2 Å². The van der Waals surface area contributed by atoms with Crippen molar-refractivity contribution < 1.29 is 23.7 Å². The molecule has 4 rings (SSSR count). The van der Waals surface area contributed by atoms with Gasteiger partial charge < -0.3 is 24.7 Å². The van der Waals surface area contributed by atoms with Gasteiger partial charge in [0.1, 0.15) is 23.1 Å². The van der Waals surface area contributed by atoms with Crippen molar-refractivity contribution in [2.24, 2.45) is 5.73 Å². The van der Waals surface area contributed by atoms with Crippen LogP contribution in [0.2, 0.25) is 10.0 Å². The highest BCUT2D eigenvalue weighted by atomic mass is 35.5. The van der Waals surface area contributed by atoms with Gasteiger partial charge in [-0.1, -0.05) is 35.3 Å². The summed E-state index contributed by atoms with van der Waals surface area (Å²) in [5.74, 6) is 0.405. The largest absolute Gasteiger partial charge is 0.493 e. The van der Waals surface area contributed by atoms with Gasteiger partial charge in [0.05, 0.1) is 30.7 Å². The number of allylic oxidation sites excluding steroid dienone is 1. The highest BCUT2D eigenvalue weighted by molar-refractivity contribution is 6.36. The van der Waals surface area contributed by atoms with Crippen LogP contribution < -0.4 is 24.7 Å². The number of benzene rings is 3. The lowest BCUT2D eigenvalue weighted by Gasteiger charge is -2.27. The predicted octanol–water partition coefficient (Wildman–Crippen LogP) is 5.45. The second-order valence-corrected chi connectivity index (χ2v) is 8.10. The van der Waals surface area contributed by atoms with E-state index in [1.165, 1.54) is 25.3 Å². The Morgan fingerprint density at radius 2 is 1.79 bits per heavy atom. The normalized spacial score (nSPS) is 14.5. The Labute approximate surface area is 205 Å². The van der Waals surface area contributed by atoms with Crippen molar-refractivity contribution in [3.05, 3.63) is 92.8 Å². The standard InChI is InChI=1S/C25H18Cl2N2O5/c1-31-20-8-3-13(9-22(20)32-2)23-17-7-5-15(11-21(17)34-24(29)18(23)12-28)33-25(30)16-6-4-14(26)10-19(16)27/h3-11,23H,29H2,1-2H3/t23-/m1/s1. The molecule has 1 aliphatic rings. The maximum absolute atomic E-state index is 12.6. The van der Waals surface area contributed by atoms with Crippen molar-refractivity contribution in [3.63, 3.8) is 0 Å². The summed E-state index contributed by atoms with van der Waals surface area (Å²) in [6, 6.07) is 16.8. The summed E-state index contributed by atoms with van der Waals surface area (Å²) in [5, 5.41) is 10.4. The SMILES string of the molecule is COc1ccc([C@H]2C(C#N)=C(N)Oc3cc(OC(=O)c4ccc(Cl)cc4Cl)ccc32)cc1OC. The molecule has 0 saturated heterocycles. The third-order valence-electron chi connectivity index (χ3n) is 5.29. The molecule has 0 radical (unpaired) electrons. The Morgan fingerprint density at radius 1 is 1.03 bits per heavy atom. The van der Waals surface area contributed by atoms with E-state index < -0.39 is 11.9 Å². The predicted molar refractivity (Wildman–Crippen MR) is 127 cm³/mol. The van der Waals surface area contributed by atoms with E-state index in [-0.39, 0.29) is 27.8 Å². The van der Waals surface area contributed by atoms with Gasteiger partial charge in [-0.2, -0.15) is 5.26 Å². The first kappa shape index (κ1) is 23.3. The summed E-state index contributed by atoms with van der Waals surface area (Å²) in [4.78, 5) is 12.6. The van der Waals surface area contributed by atoms with Gasteiger partial charge in [-0.15, -0.1) is 0 Å². The number of hydrogen-bond acceptors (Lipinski definition) is 7. The fourth-order valence-corrected chi connectivity index (χ4v) is 4.18. The molecule has 0 spiro atoms. The lowest BCUT2D eigenvalue weighted by atomic mass is 9.83. The molecule has 0 amide bonds. The van der Waals surface area contributed by atoms with Crippen LogP contribution in [0.1, 0.15) is 27.4 Å². The summed E-state index contributed by atoms with van der Waals surface area (Å²) in [6.45, 7) is 0. The first-order valence-electron chi connectivity index (χ1n) is 9.97. The Kier molecular flexibility index (Phi) is 6.55. The number of esters is 1. The number of rotatable bonds is 5. The van der Waals surface area contributed by atoms with Crippen LogP contribution in [-0.2, 0) is 0 Å². The molecule has 0 bridgehead atoms. The summed E-state index contributed by atoms with van der Waals surface area (Å²) >= 11 is 12.0. The van der Waals surface area contributed by atoms with Gasteiger partial charge in [0.25, 0.3) is 0 Å². The minimum absolute atomic E-state index is 0.0426. The molecule has 2 N–H and O–H groups in total. The molecule has 1 atom stereocenters. The summed E-state index contributed by atoms with van der Waals surface area (Å²) in [6.07, 6.45) is 0. The number of fused-ring (bicyclic) bond motifs is 1. The molecule has 7 nitrogen and oxygen atoms in total. The van der Waals surface area contributed by atoms with Crippen LogP contribution in [0.4, 0.5) is 0 Å². The molecule has 0 aromatic heterocycles. The number of methoxy groups -OCH3 is 2. The third-order valence-corrected chi connectivity index (χ3v) is 5.84. The van der Waals surface area contributed by atoms with E-state index in [1.807, 2.05) is 6.07 Å². The van der Waals surface area contributed by atoms with E-state index in [0.29, 0.717) is 27.8 Å². The molecule has 0 unspecified atom stereocenters. The van der Waals surface area contributed by atoms with Crippen LogP contribution in [0.25, 0.3) is 0 Å². The quantitative estimate of drug-likeness (QED) is 0.369. The maximum atomic E-state index is 12.6. The molecule has 0 fully saturated rings. The number of carbonyl (C=O) groups excluding carboxylic acids is 1. The highest BCUT2D eigenvalue weighted by Crippen LogP contribution is 2.45. The average molecular weight is 497 g/mol. The zero-order valence-electron chi connectivity index (χ0n) is 18.1. The average Bonchev–Trinajstić information content (AvgIpc) is 2.82. The molecule has 1 aliphatic heterocycles. The second-order valence-electron chi connectivity index (χ2n) is 7.25. The maximum Gasteiger partial charge on any atom is 0.345 e. The number of halogens is 2. The van der Waals surface area contributed by atoms with Crippen LogP contribution in [0, 0.1) is 11.3 Å². The monoisotopic (exact) mass is 496 g/mol. The topological polar surface area (TPSA) is 104 Å². The first-order chi connectivity index (χ1) is 16.4. The van der Waals surface area contributed by atoms with Gasteiger partial charge in [0.2, 0.25) is 5.88 Å². The van der Waals surface area contributed by atoms with Crippen LogP contribution in [-0.4, -0.2) is 20.2 Å². The Morgan fingerprint density at radius 3 is 2.47 bits per heavy atom. The molecular formula is C25H18Cl2N2O5. The second kappa shape index (κ2) is 9.56. The Balaban J connectivity index is 1.71. The molecule has 34 heavy (non-hydrogen) atoms. The van der Waals surface area contributed by atoms with E-state index >= 15 is 0 Å².